The molecular formula is C21H25N3O3S2. The zero-order chi connectivity index (χ0) is 20.4. The molecular weight excluding hydrogens is 406 g/mol. The number of hydrogen-bond donors (Lipinski definition) is 1. The van der Waals surface area contributed by atoms with Gasteiger partial charge in [0.15, 0.2) is 4.34 Å². The maximum absolute atomic E-state index is 12.8. The number of carbonyl (C=O) groups excluding carboxylic acids is 3. The number of nitrogens with zero attached hydrogens (tertiary/aromatic N) is 2. The van der Waals surface area contributed by atoms with Crippen LogP contribution in [0.25, 0.3) is 10.2 Å². The number of hydrogen-bond acceptors (Lipinski definition) is 6. The number of thioether (sulfide) groups is 1. The van der Waals surface area contributed by atoms with Gasteiger partial charge in [0.25, 0.3) is 0 Å². The highest BCUT2D eigenvalue weighted by Gasteiger charge is 2.48. The minimum atomic E-state index is -0.147. The van der Waals surface area contributed by atoms with E-state index in [1.54, 1.807) is 6.07 Å². The summed E-state index contributed by atoms with van der Waals surface area (Å²) in [5.74, 6) is -0.0531. The largest absolute Gasteiger partial charge is 0.355 e. The number of anilines is 1. The van der Waals surface area contributed by atoms with Gasteiger partial charge in [-0.1, -0.05) is 37.9 Å². The minimum Gasteiger partial charge on any atom is -0.355 e. The van der Waals surface area contributed by atoms with Crippen molar-refractivity contribution in [1.29, 1.82) is 0 Å². The third kappa shape index (κ3) is 4.19. The Kier molecular flexibility index (Phi) is 6.20. The van der Waals surface area contributed by atoms with Gasteiger partial charge in [-0.3, -0.25) is 19.3 Å². The van der Waals surface area contributed by atoms with E-state index in [2.05, 4.69) is 17.2 Å². The standard InChI is InChI=1S/C21H25N3O3S2/c1-2-3-10-22-18(25)12-28-21-23-16-9-8-13(11-17(16)29-21)24-19(26)14-6-4-5-7-15(14)20(24)27/h8-9,11,14-15H,2-7,10,12H2,1H3,(H,22,25)/t14-,15-/m0/s1. The Balaban J connectivity index is 1.47. The monoisotopic (exact) mass is 431 g/mol. The van der Waals surface area contributed by atoms with E-state index >= 15 is 0 Å². The lowest BCUT2D eigenvalue weighted by Crippen LogP contribution is -2.30. The highest BCUT2D eigenvalue weighted by atomic mass is 32.2. The normalized spacial score (nSPS) is 21.6. The van der Waals surface area contributed by atoms with Crippen LogP contribution < -0.4 is 10.2 Å². The molecule has 0 bridgehead atoms. The predicted molar refractivity (Wildman–Crippen MR) is 116 cm³/mol. The Morgan fingerprint density at radius 1 is 1.24 bits per heavy atom. The van der Waals surface area contributed by atoms with Crippen molar-refractivity contribution in [2.75, 3.05) is 17.2 Å². The summed E-state index contributed by atoms with van der Waals surface area (Å²) in [7, 11) is 0. The zero-order valence-electron chi connectivity index (χ0n) is 16.5. The number of imide groups is 1. The molecule has 2 atom stereocenters. The van der Waals surface area contributed by atoms with Gasteiger partial charge in [-0.25, -0.2) is 4.98 Å². The van der Waals surface area contributed by atoms with Crippen LogP contribution in [0.2, 0.25) is 0 Å². The summed E-state index contributed by atoms with van der Waals surface area (Å²) in [6.07, 6.45) is 5.71. The first-order chi connectivity index (χ1) is 14.1. The van der Waals surface area contributed by atoms with Gasteiger partial charge in [-0.2, -0.15) is 0 Å². The smallest absolute Gasteiger partial charge is 0.237 e. The van der Waals surface area contributed by atoms with Gasteiger partial charge in [0.2, 0.25) is 17.7 Å². The lowest BCUT2D eigenvalue weighted by molar-refractivity contribution is -0.122. The molecule has 2 heterocycles. The number of thiazole rings is 1. The molecule has 154 valence electrons. The molecule has 1 saturated heterocycles. The molecule has 1 saturated carbocycles. The van der Waals surface area contributed by atoms with E-state index in [0.717, 1.165) is 53.1 Å². The Bertz CT molecular complexity index is 918. The summed E-state index contributed by atoms with van der Waals surface area (Å²) >= 11 is 2.91. The van der Waals surface area contributed by atoms with Crippen molar-refractivity contribution in [2.24, 2.45) is 11.8 Å². The summed E-state index contributed by atoms with van der Waals surface area (Å²) in [6, 6.07) is 5.54. The van der Waals surface area contributed by atoms with Crippen LogP contribution in [0.5, 0.6) is 0 Å². The average Bonchev–Trinajstić information content (AvgIpc) is 3.25. The van der Waals surface area contributed by atoms with Crippen LogP contribution in [0.1, 0.15) is 45.4 Å². The molecule has 1 aromatic heterocycles. The van der Waals surface area contributed by atoms with Crippen molar-refractivity contribution >= 4 is 56.7 Å². The van der Waals surface area contributed by atoms with Crippen molar-refractivity contribution in [3.63, 3.8) is 0 Å². The van der Waals surface area contributed by atoms with E-state index < -0.39 is 0 Å². The summed E-state index contributed by atoms with van der Waals surface area (Å²) < 4.78 is 1.74. The summed E-state index contributed by atoms with van der Waals surface area (Å²) in [4.78, 5) is 43.5. The van der Waals surface area contributed by atoms with Crippen LogP contribution in [0.4, 0.5) is 5.69 Å². The van der Waals surface area contributed by atoms with Crippen molar-refractivity contribution in [1.82, 2.24) is 10.3 Å². The second-order valence-corrected chi connectivity index (χ2v) is 9.89. The molecule has 2 fully saturated rings. The highest BCUT2D eigenvalue weighted by molar-refractivity contribution is 8.01. The third-order valence-corrected chi connectivity index (χ3v) is 7.79. The number of benzene rings is 1. The van der Waals surface area contributed by atoms with Gasteiger partial charge >= 0.3 is 0 Å². The van der Waals surface area contributed by atoms with E-state index in [4.69, 9.17) is 0 Å². The second-order valence-electron chi connectivity index (χ2n) is 7.63. The van der Waals surface area contributed by atoms with Crippen molar-refractivity contribution in [2.45, 2.75) is 49.8 Å². The molecule has 2 aromatic rings. The van der Waals surface area contributed by atoms with E-state index in [1.165, 1.54) is 28.0 Å². The lowest BCUT2D eigenvalue weighted by atomic mass is 9.81. The first-order valence-corrected chi connectivity index (χ1v) is 12.1. The van der Waals surface area contributed by atoms with Crippen molar-refractivity contribution in [3.8, 4) is 0 Å². The summed E-state index contributed by atoms with van der Waals surface area (Å²) in [5.41, 5.74) is 1.46. The Labute approximate surface area is 178 Å². The van der Waals surface area contributed by atoms with Crippen LogP contribution in [-0.4, -0.2) is 35.0 Å². The van der Waals surface area contributed by atoms with Crippen LogP contribution in [0.3, 0.4) is 0 Å². The van der Waals surface area contributed by atoms with Crippen LogP contribution >= 0.6 is 23.1 Å². The molecule has 3 amide bonds. The maximum atomic E-state index is 12.8. The fourth-order valence-corrected chi connectivity index (χ4v) is 6.02. The molecule has 0 unspecified atom stereocenters. The van der Waals surface area contributed by atoms with E-state index in [0.29, 0.717) is 18.0 Å². The summed E-state index contributed by atoms with van der Waals surface area (Å²) in [6.45, 7) is 2.80. The van der Waals surface area contributed by atoms with Crippen LogP contribution in [-0.2, 0) is 14.4 Å². The molecule has 1 aliphatic carbocycles. The quantitative estimate of drug-likeness (QED) is 0.407. The van der Waals surface area contributed by atoms with E-state index in [-0.39, 0.29) is 29.6 Å². The number of nitrogens with one attached hydrogen (secondary N) is 1. The molecule has 6 nitrogen and oxygen atoms in total. The molecule has 0 radical (unpaired) electrons. The minimum absolute atomic E-state index is 0.0132. The number of fused-ring (bicyclic) bond motifs is 2. The maximum Gasteiger partial charge on any atom is 0.237 e. The fraction of sp³-hybridized carbons (Fsp3) is 0.524. The van der Waals surface area contributed by atoms with Gasteiger partial charge in [0, 0.05) is 6.54 Å². The lowest BCUT2D eigenvalue weighted by Gasteiger charge is -2.19. The van der Waals surface area contributed by atoms with Gasteiger partial charge in [0.05, 0.1) is 33.5 Å². The van der Waals surface area contributed by atoms with E-state index in [9.17, 15) is 14.4 Å². The Morgan fingerprint density at radius 3 is 2.66 bits per heavy atom. The average molecular weight is 432 g/mol. The molecule has 29 heavy (non-hydrogen) atoms. The molecule has 2 aliphatic rings. The van der Waals surface area contributed by atoms with Crippen LogP contribution in [0.15, 0.2) is 22.5 Å². The van der Waals surface area contributed by atoms with E-state index in [1.807, 2.05) is 12.1 Å². The van der Waals surface area contributed by atoms with Crippen molar-refractivity contribution < 1.29 is 14.4 Å². The number of aromatic nitrogens is 1. The topological polar surface area (TPSA) is 79.4 Å². The molecule has 1 N–H and O–H groups in total. The van der Waals surface area contributed by atoms with Gasteiger partial charge in [0.1, 0.15) is 0 Å². The van der Waals surface area contributed by atoms with Gasteiger partial charge in [-0.05, 0) is 37.5 Å². The molecule has 1 aliphatic heterocycles. The van der Waals surface area contributed by atoms with Gasteiger partial charge < -0.3 is 5.32 Å². The molecule has 1 aromatic carbocycles. The van der Waals surface area contributed by atoms with Crippen LogP contribution in [0, 0.1) is 11.8 Å². The SMILES string of the molecule is CCCCNC(=O)CSc1nc2ccc(N3C(=O)[C@H]4CCCC[C@@H]4C3=O)cc2s1. The third-order valence-electron chi connectivity index (χ3n) is 5.63. The fourth-order valence-electron chi connectivity index (χ4n) is 4.09. The van der Waals surface area contributed by atoms with Gasteiger partial charge in [-0.15, -0.1) is 11.3 Å². The number of carbonyl (C=O) groups is 3. The first-order valence-electron chi connectivity index (χ1n) is 10.3. The molecule has 4 rings (SSSR count). The Morgan fingerprint density at radius 2 is 1.97 bits per heavy atom. The molecule has 8 heteroatoms. The number of rotatable bonds is 7. The Hall–Kier alpha value is -1.93. The summed E-state index contributed by atoms with van der Waals surface area (Å²) in [5, 5.41) is 2.90. The second kappa shape index (κ2) is 8.83. The van der Waals surface area contributed by atoms with Crippen molar-refractivity contribution in [3.05, 3.63) is 18.2 Å². The number of amides is 3. The number of unbranched alkanes of at least 4 members (excludes halogenated alkanes) is 1. The first kappa shape index (κ1) is 20.3. The zero-order valence-corrected chi connectivity index (χ0v) is 18.1. The predicted octanol–water partition coefficient (Wildman–Crippen LogP) is 3.98. The highest BCUT2D eigenvalue weighted by Crippen LogP contribution is 2.41. The molecule has 0 spiro atoms.